The highest BCUT2D eigenvalue weighted by molar-refractivity contribution is 6.40. The number of rotatable bonds is 4. The number of Topliss-reactive ketones (excluding diaryl/α,β-unsaturated/α-hetero) is 1. The van der Waals surface area contributed by atoms with E-state index in [0.717, 1.165) is 6.07 Å². The van der Waals surface area contributed by atoms with E-state index in [4.69, 9.17) is 9.84 Å². The van der Waals surface area contributed by atoms with E-state index in [1.54, 1.807) is 6.92 Å². The van der Waals surface area contributed by atoms with Crippen molar-refractivity contribution in [3.8, 4) is 5.75 Å². The van der Waals surface area contributed by atoms with Crippen molar-refractivity contribution in [1.82, 2.24) is 0 Å². The summed E-state index contributed by atoms with van der Waals surface area (Å²) in [6, 6.07) is 2.24. The molecule has 1 aromatic carbocycles. The first-order valence-electron chi connectivity index (χ1n) is 4.65. The SMILES string of the molecule is CCc1cc(C(=O)C(=O)O)c(OC)cc1F. The lowest BCUT2D eigenvalue weighted by atomic mass is 10.0. The Kier molecular flexibility index (Phi) is 3.60. The molecule has 1 rings (SSSR count). The Morgan fingerprint density at radius 3 is 2.50 bits per heavy atom. The van der Waals surface area contributed by atoms with E-state index in [1.807, 2.05) is 0 Å². The van der Waals surface area contributed by atoms with Crippen molar-refractivity contribution >= 4 is 11.8 Å². The number of aryl methyl sites for hydroxylation is 1. The van der Waals surface area contributed by atoms with Gasteiger partial charge in [-0.05, 0) is 18.1 Å². The van der Waals surface area contributed by atoms with Gasteiger partial charge in [-0.2, -0.15) is 0 Å². The van der Waals surface area contributed by atoms with Gasteiger partial charge in [0.1, 0.15) is 11.6 Å². The molecule has 0 saturated heterocycles. The maximum Gasteiger partial charge on any atom is 0.377 e. The third kappa shape index (κ3) is 2.18. The number of carboxylic acid groups (broad SMARTS) is 1. The van der Waals surface area contributed by atoms with Crippen molar-refractivity contribution in [1.29, 1.82) is 0 Å². The molecule has 0 aromatic heterocycles. The van der Waals surface area contributed by atoms with E-state index in [1.165, 1.54) is 13.2 Å². The Bertz CT molecular complexity index is 440. The Balaban J connectivity index is 3.35. The van der Waals surface area contributed by atoms with Crippen LogP contribution in [0.5, 0.6) is 5.75 Å². The number of hydrogen-bond acceptors (Lipinski definition) is 3. The lowest BCUT2D eigenvalue weighted by Crippen LogP contribution is -2.14. The average molecular weight is 226 g/mol. The van der Waals surface area contributed by atoms with Crippen molar-refractivity contribution in [3.05, 3.63) is 29.1 Å². The molecule has 1 aromatic rings. The molecule has 0 atom stereocenters. The molecule has 86 valence electrons. The van der Waals surface area contributed by atoms with Gasteiger partial charge >= 0.3 is 5.97 Å². The minimum Gasteiger partial charge on any atom is -0.496 e. The maximum atomic E-state index is 13.3. The van der Waals surface area contributed by atoms with Gasteiger partial charge in [0.25, 0.3) is 5.78 Å². The average Bonchev–Trinajstić information content (AvgIpc) is 2.27. The van der Waals surface area contributed by atoms with Crippen LogP contribution < -0.4 is 4.74 Å². The zero-order chi connectivity index (χ0) is 12.3. The van der Waals surface area contributed by atoms with Gasteiger partial charge in [-0.1, -0.05) is 6.92 Å². The molecule has 0 bridgehead atoms. The second-order valence-corrected chi connectivity index (χ2v) is 3.13. The second kappa shape index (κ2) is 4.74. The Hall–Kier alpha value is -1.91. The summed E-state index contributed by atoms with van der Waals surface area (Å²) >= 11 is 0. The van der Waals surface area contributed by atoms with Gasteiger partial charge in [-0.3, -0.25) is 4.79 Å². The Labute approximate surface area is 91.7 Å². The summed E-state index contributed by atoms with van der Waals surface area (Å²) < 4.78 is 18.1. The van der Waals surface area contributed by atoms with Crippen molar-refractivity contribution in [2.75, 3.05) is 7.11 Å². The van der Waals surface area contributed by atoms with E-state index in [9.17, 15) is 14.0 Å². The van der Waals surface area contributed by atoms with Crippen LogP contribution >= 0.6 is 0 Å². The lowest BCUT2D eigenvalue weighted by Gasteiger charge is -2.08. The number of methoxy groups -OCH3 is 1. The summed E-state index contributed by atoms with van der Waals surface area (Å²) in [6.45, 7) is 1.71. The van der Waals surface area contributed by atoms with Crippen molar-refractivity contribution in [2.45, 2.75) is 13.3 Å². The number of halogens is 1. The van der Waals surface area contributed by atoms with Gasteiger partial charge in [0.15, 0.2) is 0 Å². The van der Waals surface area contributed by atoms with E-state index in [-0.39, 0.29) is 16.9 Å². The number of aliphatic carboxylic acids is 1. The molecule has 0 heterocycles. The molecule has 0 radical (unpaired) electrons. The number of carbonyl (C=O) groups is 2. The van der Waals surface area contributed by atoms with E-state index in [0.29, 0.717) is 6.42 Å². The summed E-state index contributed by atoms with van der Waals surface area (Å²) in [5, 5.41) is 8.59. The van der Waals surface area contributed by atoms with Gasteiger partial charge in [-0.15, -0.1) is 0 Å². The third-order valence-corrected chi connectivity index (χ3v) is 2.19. The standard InChI is InChI=1S/C11H11FO4/c1-3-6-4-7(10(13)11(14)15)9(16-2)5-8(6)12/h4-5H,3H2,1-2H3,(H,14,15). The van der Waals surface area contributed by atoms with Crippen LogP contribution in [0.3, 0.4) is 0 Å². The van der Waals surface area contributed by atoms with Crippen LogP contribution in [0, 0.1) is 5.82 Å². The zero-order valence-corrected chi connectivity index (χ0v) is 8.91. The number of benzene rings is 1. The third-order valence-electron chi connectivity index (χ3n) is 2.19. The number of carboxylic acids is 1. The van der Waals surface area contributed by atoms with Crippen LogP contribution in [0.4, 0.5) is 4.39 Å². The number of carbonyl (C=O) groups excluding carboxylic acids is 1. The smallest absolute Gasteiger partial charge is 0.377 e. The van der Waals surface area contributed by atoms with Crippen LogP contribution in [0.15, 0.2) is 12.1 Å². The predicted octanol–water partition coefficient (Wildman–Crippen LogP) is 1.66. The lowest BCUT2D eigenvalue weighted by molar-refractivity contribution is -0.131. The second-order valence-electron chi connectivity index (χ2n) is 3.13. The van der Waals surface area contributed by atoms with Gasteiger partial charge < -0.3 is 9.84 Å². The van der Waals surface area contributed by atoms with Gasteiger partial charge in [0.2, 0.25) is 0 Å². The van der Waals surface area contributed by atoms with Crippen LogP contribution in [-0.4, -0.2) is 24.0 Å². The quantitative estimate of drug-likeness (QED) is 0.626. The fraction of sp³-hybridized carbons (Fsp3) is 0.273. The molecule has 0 fully saturated rings. The van der Waals surface area contributed by atoms with Crippen LogP contribution in [0.25, 0.3) is 0 Å². The van der Waals surface area contributed by atoms with Crippen molar-refractivity contribution in [3.63, 3.8) is 0 Å². The minimum atomic E-state index is -1.59. The predicted molar refractivity (Wildman–Crippen MR) is 54.3 cm³/mol. The highest BCUT2D eigenvalue weighted by atomic mass is 19.1. The summed E-state index contributed by atoms with van der Waals surface area (Å²) in [5.74, 6) is -3.28. The first-order chi connectivity index (χ1) is 7.51. The fourth-order valence-corrected chi connectivity index (χ4v) is 1.33. The van der Waals surface area contributed by atoms with Gasteiger partial charge in [0.05, 0.1) is 12.7 Å². The normalized spacial score (nSPS) is 9.94. The van der Waals surface area contributed by atoms with Gasteiger partial charge in [-0.25, -0.2) is 9.18 Å². The molecular weight excluding hydrogens is 215 g/mol. The molecule has 0 amide bonds. The Morgan fingerprint density at radius 1 is 1.44 bits per heavy atom. The largest absolute Gasteiger partial charge is 0.496 e. The molecule has 1 N–H and O–H groups in total. The minimum absolute atomic E-state index is 0.0675. The van der Waals surface area contributed by atoms with E-state index >= 15 is 0 Å². The molecule has 4 nitrogen and oxygen atoms in total. The Morgan fingerprint density at radius 2 is 2.06 bits per heavy atom. The number of ketones is 1. The molecular formula is C11H11FO4. The monoisotopic (exact) mass is 226 g/mol. The molecule has 0 unspecified atom stereocenters. The fourth-order valence-electron chi connectivity index (χ4n) is 1.33. The number of hydrogen-bond donors (Lipinski definition) is 1. The summed E-state index contributed by atoms with van der Waals surface area (Å²) in [7, 11) is 1.25. The number of ether oxygens (including phenoxy) is 1. The van der Waals surface area contributed by atoms with Crippen LogP contribution in [0.2, 0.25) is 0 Å². The topological polar surface area (TPSA) is 63.6 Å². The summed E-state index contributed by atoms with van der Waals surface area (Å²) in [5.41, 5.74) is 0.152. The maximum absolute atomic E-state index is 13.3. The van der Waals surface area contributed by atoms with Crippen LogP contribution in [0.1, 0.15) is 22.8 Å². The molecule has 0 aliphatic rings. The molecule has 0 aliphatic carbocycles. The molecule has 0 aliphatic heterocycles. The van der Waals surface area contributed by atoms with Crippen molar-refractivity contribution in [2.24, 2.45) is 0 Å². The highest BCUT2D eigenvalue weighted by Crippen LogP contribution is 2.23. The van der Waals surface area contributed by atoms with E-state index in [2.05, 4.69) is 0 Å². The molecule has 5 heteroatoms. The summed E-state index contributed by atoms with van der Waals surface area (Å²) in [4.78, 5) is 21.9. The van der Waals surface area contributed by atoms with Crippen LogP contribution in [-0.2, 0) is 11.2 Å². The highest BCUT2D eigenvalue weighted by Gasteiger charge is 2.21. The summed E-state index contributed by atoms with van der Waals surface area (Å²) in [6.07, 6.45) is 0.371. The van der Waals surface area contributed by atoms with E-state index < -0.39 is 17.6 Å². The molecule has 0 spiro atoms. The molecule has 16 heavy (non-hydrogen) atoms. The zero-order valence-electron chi connectivity index (χ0n) is 8.91. The van der Waals surface area contributed by atoms with Gasteiger partial charge in [0, 0.05) is 6.07 Å². The molecule has 0 saturated carbocycles. The first-order valence-corrected chi connectivity index (χ1v) is 4.65. The first kappa shape index (κ1) is 12.2. The van der Waals surface area contributed by atoms with Crippen molar-refractivity contribution < 1.29 is 23.8 Å².